The van der Waals surface area contributed by atoms with E-state index in [0.29, 0.717) is 17.9 Å². The van der Waals surface area contributed by atoms with Crippen LogP contribution in [0.4, 0.5) is 0 Å². The van der Waals surface area contributed by atoms with E-state index in [1.165, 1.54) is 0 Å². The number of imidazole rings is 1. The van der Waals surface area contributed by atoms with Gasteiger partial charge in [-0.05, 0) is 24.6 Å². The van der Waals surface area contributed by atoms with Gasteiger partial charge in [0.05, 0.1) is 13.4 Å². The van der Waals surface area contributed by atoms with Crippen LogP contribution in [0.1, 0.15) is 16.8 Å². The molecule has 0 bridgehead atoms. The Morgan fingerprint density at radius 2 is 2.30 bits per heavy atom. The Morgan fingerprint density at radius 3 is 3.00 bits per heavy atom. The lowest BCUT2D eigenvalue weighted by molar-refractivity contribution is -0.0000126. The molecule has 5 nitrogen and oxygen atoms in total. The summed E-state index contributed by atoms with van der Waals surface area (Å²) in [7, 11) is 1.59. The second-order valence-corrected chi connectivity index (χ2v) is 4.14. The molecule has 0 aliphatic heterocycles. The van der Waals surface area contributed by atoms with Gasteiger partial charge in [-0.15, -0.1) is 0 Å². The van der Waals surface area contributed by atoms with Crippen molar-refractivity contribution in [2.24, 2.45) is 0 Å². The van der Waals surface area contributed by atoms with E-state index in [2.05, 4.69) is 10.3 Å². The van der Waals surface area contributed by atoms with Gasteiger partial charge < -0.3 is 27.0 Å². The lowest BCUT2D eigenvalue weighted by Gasteiger charge is -2.07. The molecule has 0 aliphatic carbocycles. The summed E-state index contributed by atoms with van der Waals surface area (Å²) in [6.07, 6.45) is 6.29. The maximum absolute atomic E-state index is 11.9. The Morgan fingerprint density at radius 1 is 1.45 bits per heavy atom. The minimum atomic E-state index is -0.0791. The average Bonchev–Trinajstić information content (AvgIpc) is 2.96. The van der Waals surface area contributed by atoms with E-state index < -0.39 is 0 Å². The number of methoxy groups -OCH3 is 1. The van der Waals surface area contributed by atoms with E-state index >= 15 is 0 Å². The molecule has 0 radical (unpaired) electrons. The van der Waals surface area contributed by atoms with Crippen LogP contribution in [-0.2, 0) is 6.54 Å². The Kier molecular flexibility index (Phi) is 6.59. The second-order valence-electron chi connectivity index (χ2n) is 4.14. The Hall–Kier alpha value is -2.01. The number of ether oxygens (including phenoxy) is 1. The van der Waals surface area contributed by atoms with Gasteiger partial charge in [0.25, 0.3) is 5.91 Å². The molecule has 1 aromatic carbocycles. The number of hydrogen-bond acceptors (Lipinski definition) is 3. The van der Waals surface area contributed by atoms with Crippen molar-refractivity contribution in [2.45, 2.75) is 13.0 Å². The minimum Gasteiger partial charge on any atom is -1.00 e. The number of rotatable bonds is 6. The van der Waals surface area contributed by atoms with Crippen molar-refractivity contribution in [1.82, 2.24) is 14.9 Å². The summed E-state index contributed by atoms with van der Waals surface area (Å²) in [5, 5.41) is 2.88. The van der Waals surface area contributed by atoms with Gasteiger partial charge in [0, 0.05) is 31.0 Å². The zero-order chi connectivity index (χ0) is 13.5. The van der Waals surface area contributed by atoms with Gasteiger partial charge in [0.2, 0.25) is 0 Å². The van der Waals surface area contributed by atoms with Gasteiger partial charge in [-0.3, -0.25) is 4.79 Å². The second kappa shape index (κ2) is 8.22. The lowest BCUT2D eigenvalue weighted by Crippen LogP contribution is -3.00. The molecule has 1 aromatic heterocycles. The summed E-state index contributed by atoms with van der Waals surface area (Å²) < 4.78 is 7.07. The molecule has 108 valence electrons. The van der Waals surface area contributed by atoms with Crippen molar-refractivity contribution in [2.75, 3.05) is 13.7 Å². The van der Waals surface area contributed by atoms with E-state index in [0.717, 1.165) is 13.0 Å². The molecule has 0 unspecified atom stereocenters. The first-order valence-electron chi connectivity index (χ1n) is 6.17. The average molecular weight is 295 g/mol. The number of hydrogen-bond donors (Lipinski definition) is 1. The van der Waals surface area contributed by atoms with Crippen molar-refractivity contribution < 1.29 is 21.9 Å². The number of nitrogens with zero attached hydrogens (tertiary/aromatic N) is 2. The summed E-state index contributed by atoms with van der Waals surface area (Å²) in [4.78, 5) is 15.9. The van der Waals surface area contributed by atoms with Crippen LogP contribution in [0.15, 0.2) is 43.0 Å². The highest BCUT2D eigenvalue weighted by Crippen LogP contribution is 2.12. The highest BCUT2D eigenvalue weighted by molar-refractivity contribution is 5.94. The summed E-state index contributed by atoms with van der Waals surface area (Å²) in [5.41, 5.74) is 0.613. The fraction of sp³-hybridized carbons (Fsp3) is 0.286. The molecule has 0 fully saturated rings. The van der Waals surface area contributed by atoms with E-state index in [1.54, 1.807) is 37.8 Å². The van der Waals surface area contributed by atoms with Crippen LogP contribution in [0, 0.1) is 0 Å². The van der Waals surface area contributed by atoms with Crippen LogP contribution in [0.2, 0.25) is 0 Å². The third-order valence-corrected chi connectivity index (χ3v) is 2.77. The first-order valence-corrected chi connectivity index (χ1v) is 6.17. The molecular formula is C14H17ClN3O2-. The first kappa shape index (κ1) is 16.0. The third-order valence-electron chi connectivity index (χ3n) is 2.77. The smallest absolute Gasteiger partial charge is 0.251 e. The van der Waals surface area contributed by atoms with Crippen LogP contribution < -0.4 is 22.5 Å². The molecule has 0 atom stereocenters. The number of aromatic nitrogens is 2. The number of aryl methyl sites for hydroxylation is 1. The molecule has 2 rings (SSSR count). The van der Waals surface area contributed by atoms with Crippen LogP contribution in [0.3, 0.4) is 0 Å². The normalized spacial score (nSPS) is 9.65. The zero-order valence-corrected chi connectivity index (χ0v) is 12.0. The van der Waals surface area contributed by atoms with Crippen LogP contribution in [0.25, 0.3) is 0 Å². The largest absolute Gasteiger partial charge is 1.00 e. The Balaban J connectivity index is 0.00000200. The van der Waals surface area contributed by atoms with E-state index in [1.807, 2.05) is 16.8 Å². The van der Waals surface area contributed by atoms with E-state index in [-0.39, 0.29) is 18.3 Å². The molecule has 0 aliphatic rings. The molecule has 20 heavy (non-hydrogen) atoms. The van der Waals surface area contributed by atoms with Crippen molar-refractivity contribution in [3.8, 4) is 5.75 Å². The maximum Gasteiger partial charge on any atom is 0.251 e. The molecule has 2 aromatic rings. The van der Waals surface area contributed by atoms with Gasteiger partial charge in [-0.2, -0.15) is 0 Å². The quantitative estimate of drug-likeness (QED) is 0.675. The van der Waals surface area contributed by atoms with Crippen LogP contribution in [-0.4, -0.2) is 29.1 Å². The zero-order valence-electron chi connectivity index (χ0n) is 11.3. The molecule has 0 spiro atoms. The summed E-state index contributed by atoms with van der Waals surface area (Å²) in [5.74, 6) is 0.607. The molecule has 0 saturated carbocycles. The first-order chi connectivity index (χ1) is 9.29. The van der Waals surface area contributed by atoms with Gasteiger partial charge >= 0.3 is 0 Å². The van der Waals surface area contributed by atoms with Gasteiger partial charge in [-0.1, -0.05) is 6.07 Å². The molecular weight excluding hydrogens is 278 g/mol. The topological polar surface area (TPSA) is 56.1 Å². The van der Waals surface area contributed by atoms with Gasteiger partial charge in [0.15, 0.2) is 0 Å². The summed E-state index contributed by atoms with van der Waals surface area (Å²) >= 11 is 0. The number of carbonyl (C=O) groups is 1. The third kappa shape index (κ3) is 4.59. The van der Waals surface area contributed by atoms with Crippen molar-refractivity contribution in [3.63, 3.8) is 0 Å². The predicted octanol–water partition coefficient (Wildman–Crippen LogP) is -1.28. The van der Waals surface area contributed by atoms with Crippen LogP contribution >= 0.6 is 0 Å². The summed E-state index contributed by atoms with van der Waals surface area (Å²) in [6, 6.07) is 7.12. The standard InChI is InChI=1S/C14H17N3O2.ClH/c1-19-13-5-2-4-12(10-13)14(18)16-6-3-8-17-9-7-15-11-17;/h2,4-5,7,9-11H,3,6,8H2,1H3,(H,16,18);1H/p-1. The van der Waals surface area contributed by atoms with E-state index in [4.69, 9.17) is 4.74 Å². The molecule has 1 heterocycles. The van der Waals surface area contributed by atoms with Crippen LogP contribution in [0.5, 0.6) is 5.75 Å². The van der Waals surface area contributed by atoms with Crippen molar-refractivity contribution in [3.05, 3.63) is 48.5 Å². The molecule has 6 heteroatoms. The number of halogens is 1. The molecule has 1 amide bonds. The van der Waals surface area contributed by atoms with Crippen molar-refractivity contribution >= 4 is 5.91 Å². The Bertz CT molecular complexity index is 529. The van der Waals surface area contributed by atoms with Gasteiger partial charge in [0.1, 0.15) is 5.75 Å². The molecule has 0 saturated heterocycles. The fourth-order valence-corrected chi connectivity index (χ4v) is 1.75. The van der Waals surface area contributed by atoms with Gasteiger partial charge in [-0.25, -0.2) is 4.98 Å². The molecule has 1 N–H and O–H groups in total. The SMILES string of the molecule is COc1cccc(C(=O)NCCCn2ccnc2)c1.[Cl-]. The predicted molar refractivity (Wildman–Crippen MR) is 72.2 cm³/mol. The van der Waals surface area contributed by atoms with Crippen molar-refractivity contribution in [1.29, 1.82) is 0 Å². The number of nitrogens with one attached hydrogen (secondary N) is 1. The monoisotopic (exact) mass is 294 g/mol. The Labute approximate surface area is 124 Å². The highest BCUT2D eigenvalue weighted by Gasteiger charge is 2.05. The lowest BCUT2D eigenvalue weighted by atomic mass is 10.2. The minimum absolute atomic E-state index is 0. The number of amides is 1. The van der Waals surface area contributed by atoms with E-state index in [9.17, 15) is 4.79 Å². The maximum atomic E-state index is 11.9. The number of benzene rings is 1. The highest BCUT2D eigenvalue weighted by atomic mass is 35.5. The fourth-order valence-electron chi connectivity index (χ4n) is 1.75. The number of carbonyl (C=O) groups excluding carboxylic acids is 1. The summed E-state index contributed by atoms with van der Waals surface area (Å²) in [6.45, 7) is 1.48.